The predicted octanol–water partition coefficient (Wildman–Crippen LogP) is 4.90. The Hall–Kier alpha value is -2.46. The molecule has 27 heavy (non-hydrogen) atoms. The van der Waals surface area contributed by atoms with E-state index in [1.165, 1.54) is 24.0 Å². The van der Waals surface area contributed by atoms with Crippen LogP contribution in [0.5, 0.6) is 11.5 Å². The minimum Gasteiger partial charge on any atom is -0.497 e. The highest BCUT2D eigenvalue weighted by molar-refractivity contribution is 5.68. The van der Waals surface area contributed by atoms with Gasteiger partial charge in [0.1, 0.15) is 11.5 Å². The van der Waals surface area contributed by atoms with E-state index in [4.69, 9.17) is 9.47 Å². The van der Waals surface area contributed by atoms with Gasteiger partial charge in [0.05, 0.1) is 18.8 Å². The summed E-state index contributed by atoms with van der Waals surface area (Å²) in [5.41, 5.74) is 6.97. The highest BCUT2D eigenvalue weighted by Crippen LogP contribution is 2.50. The van der Waals surface area contributed by atoms with Gasteiger partial charge in [-0.1, -0.05) is 25.1 Å². The van der Waals surface area contributed by atoms with Gasteiger partial charge in [-0.15, -0.1) is 0 Å². The van der Waals surface area contributed by atoms with Crippen molar-refractivity contribution in [2.75, 3.05) is 7.11 Å². The SMILES string of the molecule is COc1ccc(C2=CC3c4ccccc4OC4(CCC(C)CC4)N3N2)cc1. The number of hydrogen-bond donors (Lipinski definition) is 1. The fourth-order valence-electron chi connectivity index (χ4n) is 4.61. The first kappa shape index (κ1) is 16.7. The zero-order valence-corrected chi connectivity index (χ0v) is 15.9. The van der Waals surface area contributed by atoms with Crippen molar-refractivity contribution in [3.05, 3.63) is 65.7 Å². The molecule has 1 unspecified atom stereocenters. The number of hydrazine groups is 1. The van der Waals surface area contributed by atoms with Crippen LogP contribution in [0.3, 0.4) is 0 Å². The number of methoxy groups -OCH3 is 1. The maximum atomic E-state index is 6.65. The van der Waals surface area contributed by atoms with E-state index in [0.717, 1.165) is 36.0 Å². The molecule has 140 valence electrons. The predicted molar refractivity (Wildman–Crippen MR) is 106 cm³/mol. The first-order valence-electron chi connectivity index (χ1n) is 9.89. The van der Waals surface area contributed by atoms with Gasteiger partial charge in [-0.05, 0) is 60.7 Å². The Morgan fingerprint density at radius 3 is 2.56 bits per heavy atom. The molecule has 5 rings (SSSR count). The zero-order chi connectivity index (χ0) is 18.4. The van der Waals surface area contributed by atoms with Crippen LogP contribution in [0.4, 0.5) is 0 Å². The Balaban J connectivity index is 1.54. The van der Waals surface area contributed by atoms with Gasteiger partial charge in [0.15, 0.2) is 5.72 Å². The van der Waals surface area contributed by atoms with Gasteiger partial charge < -0.3 is 14.9 Å². The molecule has 4 heteroatoms. The van der Waals surface area contributed by atoms with Gasteiger partial charge in [-0.25, -0.2) is 0 Å². The van der Waals surface area contributed by atoms with Crippen LogP contribution in [-0.2, 0) is 0 Å². The molecule has 0 bridgehead atoms. The molecule has 1 N–H and O–H groups in total. The maximum Gasteiger partial charge on any atom is 0.180 e. The Labute approximate surface area is 160 Å². The number of benzene rings is 2. The molecule has 0 radical (unpaired) electrons. The van der Waals surface area contributed by atoms with E-state index < -0.39 is 0 Å². The monoisotopic (exact) mass is 362 g/mol. The van der Waals surface area contributed by atoms with Crippen molar-refractivity contribution in [2.45, 2.75) is 44.4 Å². The third-order valence-electron chi connectivity index (χ3n) is 6.28. The van der Waals surface area contributed by atoms with E-state index in [1.807, 2.05) is 12.1 Å². The van der Waals surface area contributed by atoms with Crippen LogP contribution in [0.1, 0.15) is 49.8 Å². The molecule has 1 fully saturated rings. The van der Waals surface area contributed by atoms with E-state index in [1.54, 1.807) is 7.11 Å². The summed E-state index contributed by atoms with van der Waals surface area (Å²) in [4.78, 5) is 0. The van der Waals surface area contributed by atoms with Crippen LogP contribution >= 0.6 is 0 Å². The van der Waals surface area contributed by atoms with Crippen molar-refractivity contribution in [1.29, 1.82) is 0 Å². The quantitative estimate of drug-likeness (QED) is 0.824. The average Bonchev–Trinajstić information content (AvgIpc) is 3.17. The van der Waals surface area contributed by atoms with Gasteiger partial charge >= 0.3 is 0 Å². The highest BCUT2D eigenvalue weighted by Gasteiger charge is 2.51. The van der Waals surface area contributed by atoms with E-state index in [9.17, 15) is 0 Å². The van der Waals surface area contributed by atoms with Gasteiger partial charge in [0.25, 0.3) is 0 Å². The number of ether oxygens (including phenoxy) is 2. The van der Waals surface area contributed by atoms with Gasteiger partial charge in [0.2, 0.25) is 0 Å². The molecule has 4 nitrogen and oxygen atoms in total. The van der Waals surface area contributed by atoms with E-state index in [0.29, 0.717) is 0 Å². The number of para-hydroxylation sites is 1. The van der Waals surface area contributed by atoms with Crippen LogP contribution in [0.25, 0.3) is 5.70 Å². The second kappa shape index (κ2) is 6.31. The molecule has 1 aliphatic carbocycles. The Morgan fingerprint density at radius 1 is 1.07 bits per heavy atom. The van der Waals surface area contributed by atoms with Crippen molar-refractivity contribution >= 4 is 5.70 Å². The summed E-state index contributed by atoms with van der Waals surface area (Å²) in [6.45, 7) is 2.35. The Bertz CT molecular complexity index is 866. The largest absolute Gasteiger partial charge is 0.497 e. The fraction of sp³-hybridized carbons (Fsp3) is 0.391. The van der Waals surface area contributed by atoms with Crippen LogP contribution < -0.4 is 14.9 Å². The Morgan fingerprint density at radius 2 is 1.81 bits per heavy atom. The molecule has 0 aromatic heterocycles. The summed E-state index contributed by atoms with van der Waals surface area (Å²) in [6.07, 6.45) is 6.84. The standard InChI is InChI=1S/C23H26N2O2/c1-16-11-13-23(14-12-16)25-21(19-5-3-4-6-22(19)27-23)15-20(24-25)17-7-9-18(26-2)10-8-17/h3-10,15-16,21,24H,11-14H2,1-2H3. The molecular weight excluding hydrogens is 336 g/mol. The number of rotatable bonds is 2. The molecule has 2 heterocycles. The van der Waals surface area contributed by atoms with E-state index in [-0.39, 0.29) is 11.8 Å². The lowest BCUT2D eigenvalue weighted by molar-refractivity contribution is -0.155. The second-order valence-electron chi connectivity index (χ2n) is 8.00. The second-order valence-corrected chi connectivity index (χ2v) is 8.00. The fourth-order valence-corrected chi connectivity index (χ4v) is 4.61. The third kappa shape index (κ3) is 2.71. The number of fused-ring (bicyclic) bond motifs is 4. The normalized spacial score (nSPS) is 29.3. The first-order valence-corrected chi connectivity index (χ1v) is 9.89. The lowest BCUT2D eigenvalue weighted by Crippen LogP contribution is -2.60. The molecule has 2 aromatic carbocycles. The lowest BCUT2D eigenvalue weighted by Gasteiger charge is -2.51. The van der Waals surface area contributed by atoms with Gasteiger partial charge in [-0.3, -0.25) is 0 Å². The summed E-state index contributed by atoms with van der Waals surface area (Å²) in [7, 11) is 1.70. The van der Waals surface area contributed by atoms with Crippen LogP contribution in [0.2, 0.25) is 0 Å². The van der Waals surface area contributed by atoms with Crippen molar-refractivity contribution < 1.29 is 9.47 Å². The first-order chi connectivity index (χ1) is 13.2. The van der Waals surface area contributed by atoms with Crippen molar-refractivity contribution in [2.24, 2.45) is 5.92 Å². The molecule has 2 aromatic rings. The summed E-state index contributed by atoms with van der Waals surface area (Å²) in [5, 5.41) is 2.36. The molecule has 2 aliphatic heterocycles. The summed E-state index contributed by atoms with van der Waals surface area (Å²) in [5.74, 6) is 2.68. The van der Waals surface area contributed by atoms with Crippen molar-refractivity contribution in [3.8, 4) is 11.5 Å². The van der Waals surface area contributed by atoms with E-state index >= 15 is 0 Å². The molecular formula is C23H26N2O2. The van der Waals surface area contributed by atoms with Crippen LogP contribution in [0.15, 0.2) is 54.6 Å². The number of nitrogens with zero attached hydrogens (tertiary/aromatic N) is 1. The number of nitrogens with one attached hydrogen (secondary N) is 1. The van der Waals surface area contributed by atoms with Crippen LogP contribution in [-0.4, -0.2) is 17.8 Å². The molecule has 1 saturated carbocycles. The molecule has 1 atom stereocenters. The molecule has 1 spiro atoms. The Kier molecular flexibility index (Phi) is 3.90. The van der Waals surface area contributed by atoms with Crippen molar-refractivity contribution in [3.63, 3.8) is 0 Å². The average molecular weight is 362 g/mol. The molecule has 3 aliphatic rings. The third-order valence-corrected chi connectivity index (χ3v) is 6.28. The van der Waals surface area contributed by atoms with Gasteiger partial charge in [-0.2, -0.15) is 5.01 Å². The van der Waals surface area contributed by atoms with Crippen molar-refractivity contribution in [1.82, 2.24) is 10.4 Å². The van der Waals surface area contributed by atoms with Crippen LogP contribution in [0, 0.1) is 5.92 Å². The van der Waals surface area contributed by atoms with Gasteiger partial charge in [0, 0.05) is 18.4 Å². The summed E-state index contributed by atoms with van der Waals surface area (Å²) < 4.78 is 12.0. The molecule has 0 amide bonds. The summed E-state index contributed by atoms with van der Waals surface area (Å²) in [6, 6.07) is 16.9. The minimum atomic E-state index is -0.268. The summed E-state index contributed by atoms with van der Waals surface area (Å²) >= 11 is 0. The highest BCUT2D eigenvalue weighted by atomic mass is 16.5. The minimum absolute atomic E-state index is 0.195. The maximum absolute atomic E-state index is 6.65. The topological polar surface area (TPSA) is 33.7 Å². The lowest BCUT2D eigenvalue weighted by atomic mass is 9.82. The molecule has 0 saturated heterocycles. The number of hydrogen-bond acceptors (Lipinski definition) is 4. The zero-order valence-electron chi connectivity index (χ0n) is 15.9. The smallest absolute Gasteiger partial charge is 0.180 e. The van der Waals surface area contributed by atoms with E-state index in [2.05, 4.69) is 59.8 Å².